The summed E-state index contributed by atoms with van der Waals surface area (Å²) in [7, 11) is 0. The SMILES string of the molecule is CCN1C(=O)c2nc(Cc3ccccc3)n(Cc3ccccc3)c2N2C[C@@H](Cc3ccccc3)N=C12. The monoisotopic (exact) mass is 475 g/mol. The highest BCUT2D eigenvalue weighted by atomic mass is 16.2. The number of nitrogens with zero attached hydrogens (tertiary/aromatic N) is 5. The average molecular weight is 476 g/mol. The van der Waals surface area contributed by atoms with E-state index in [1.54, 1.807) is 4.90 Å². The van der Waals surface area contributed by atoms with E-state index in [1.807, 2.05) is 37.3 Å². The Balaban J connectivity index is 1.43. The number of anilines is 1. The van der Waals surface area contributed by atoms with Crippen LogP contribution in [0.4, 0.5) is 5.82 Å². The molecule has 36 heavy (non-hydrogen) atoms. The average Bonchev–Trinajstić information content (AvgIpc) is 3.48. The van der Waals surface area contributed by atoms with Gasteiger partial charge < -0.3 is 4.57 Å². The molecule has 3 aromatic carbocycles. The number of guanidine groups is 1. The second kappa shape index (κ2) is 9.46. The highest BCUT2D eigenvalue weighted by Gasteiger charge is 2.43. The van der Waals surface area contributed by atoms with Gasteiger partial charge in [-0.2, -0.15) is 0 Å². The van der Waals surface area contributed by atoms with Gasteiger partial charge in [-0.1, -0.05) is 91.0 Å². The minimum Gasteiger partial charge on any atom is -0.309 e. The maximum absolute atomic E-state index is 13.7. The minimum absolute atomic E-state index is 0.0658. The topological polar surface area (TPSA) is 53.7 Å². The molecule has 0 spiro atoms. The van der Waals surface area contributed by atoms with Crippen molar-refractivity contribution >= 4 is 17.7 Å². The first-order valence-corrected chi connectivity index (χ1v) is 12.6. The molecule has 1 aromatic heterocycles. The van der Waals surface area contributed by atoms with E-state index in [0.29, 0.717) is 25.2 Å². The summed E-state index contributed by atoms with van der Waals surface area (Å²) in [6.07, 6.45) is 1.50. The minimum atomic E-state index is -0.0658. The number of aromatic nitrogens is 2. The van der Waals surface area contributed by atoms with Gasteiger partial charge in [0.1, 0.15) is 11.6 Å². The summed E-state index contributed by atoms with van der Waals surface area (Å²) >= 11 is 0. The highest BCUT2D eigenvalue weighted by Crippen LogP contribution is 2.35. The van der Waals surface area contributed by atoms with Gasteiger partial charge in [0, 0.05) is 13.0 Å². The van der Waals surface area contributed by atoms with E-state index in [4.69, 9.17) is 9.98 Å². The van der Waals surface area contributed by atoms with Crippen LogP contribution in [0.2, 0.25) is 0 Å². The van der Waals surface area contributed by atoms with Crippen LogP contribution in [-0.2, 0) is 19.4 Å². The van der Waals surface area contributed by atoms with Gasteiger partial charge in [-0.05, 0) is 30.0 Å². The van der Waals surface area contributed by atoms with Crippen molar-refractivity contribution in [2.45, 2.75) is 32.4 Å². The summed E-state index contributed by atoms with van der Waals surface area (Å²) in [5.41, 5.74) is 4.13. The molecule has 0 radical (unpaired) electrons. The molecular weight excluding hydrogens is 446 g/mol. The second-order valence-corrected chi connectivity index (χ2v) is 9.37. The molecule has 0 aliphatic carbocycles. The fourth-order valence-corrected chi connectivity index (χ4v) is 5.21. The number of benzene rings is 3. The smallest absolute Gasteiger partial charge is 0.283 e. The number of fused-ring (bicyclic) bond motifs is 3. The van der Waals surface area contributed by atoms with Crippen LogP contribution >= 0.6 is 0 Å². The van der Waals surface area contributed by atoms with Crippen molar-refractivity contribution in [1.82, 2.24) is 14.5 Å². The van der Waals surface area contributed by atoms with E-state index in [-0.39, 0.29) is 11.9 Å². The molecule has 3 heterocycles. The first kappa shape index (κ1) is 22.3. The van der Waals surface area contributed by atoms with E-state index < -0.39 is 0 Å². The Labute approximate surface area is 211 Å². The lowest BCUT2D eigenvalue weighted by Crippen LogP contribution is -2.50. The quantitative estimate of drug-likeness (QED) is 0.386. The Morgan fingerprint density at radius 2 is 1.44 bits per heavy atom. The van der Waals surface area contributed by atoms with Gasteiger partial charge in [0.25, 0.3) is 5.91 Å². The van der Waals surface area contributed by atoms with Crippen LogP contribution in [0.25, 0.3) is 0 Å². The molecule has 180 valence electrons. The van der Waals surface area contributed by atoms with E-state index in [1.165, 1.54) is 16.7 Å². The Bertz CT molecular complexity index is 1400. The maximum atomic E-state index is 13.7. The van der Waals surface area contributed by atoms with Crippen molar-refractivity contribution in [3.8, 4) is 0 Å². The zero-order valence-electron chi connectivity index (χ0n) is 20.4. The predicted molar refractivity (Wildman–Crippen MR) is 142 cm³/mol. The highest BCUT2D eigenvalue weighted by molar-refractivity contribution is 6.18. The molecule has 6 heteroatoms. The van der Waals surface area contributed by atoms with Crippen molar-refractivity contribution in [3.05, 3.63) is 119 Å². The molecule has 0 saturated heterocycles. The third-order valence-electron chi connectivity index (χ3n) is 6.92. The number of amides is 1. The van der Waals surface area contributed by atoms with Crippen molar-refractivity contribution in [2.24, 2.45) is 4.99 Å². The molecule has 2 aliphatic heterocycles. The lowest BCUT2D eigenvalue weighted by Gasteiger charge is -2.33. The largest absolute Gasteiger partial charge is 0.309 e. The first-order valence-electron chi connectivity index (χ1n) is 12.6. The maximum Gasteiger partial charge on any atom is 0.283 e. The van der Waals surface area contributed by atoms with Crippen LogP contribution in [0.3, 0.4) is 0 Å². The molecule has 0 N–H and O–H groups in total. The van der Waals surface area contributed by atoms with Crippen molar-refractivity contribution in [1.29, 1.82) is 0 Å². The number of hydrogen-bond donors (Lipinski definition) is 0. The van der Waals surface area contributed by atoms with Gasteiger partial charge in [0.15, 0.2) is 5.69 Å². The fourth-order valence-electron chi connectivity index (χ4n) is 5.21. The van der Waals surface area contributed by atoms with E-state index >= 15 is 0 Å². The Morgan fingerprint density at radius 3 is 2.08 bits per heavy atom. The van der Waals surface area contributed by atoms with Crippen LogP contribution in [0.5, 0.6) is 0 Å². The lowest BCUT2D eigenvalue weighted by molar-refractivity contribution is 0.0841. The van der Waals surface area contributed by atoms with Crippen molar-refractivity contribution in [3.63, 3.8) is 0 Å². The number of rotatable bonds is 7. The molecule has 0 saturated carbocycles. The van der Waals surface area contributed by atoms with Crippen molar-refractivity contribution < 1.29 is 4.79 Å². The third kappa shape index (κ3) is 4.09. The van der Waals surface area contributed by atoms with Gasteiger partial charge in [-0.3, -0.25) is 14.6 Å². The zero-order chi connectivity index (χ0) is 24.5. The van der Waals surface area contributed by atoms with E-state index in [9.17, 15) is 4.79 Å². The Hall–Kier alpha value is -4.19. The molecule has 0 bridgehead atoms. The van der Waals surface area contributed by atoms with Gasteiger partial charge in [0.05, 0.1) is 19.1 Å². The number of hydrogen-bond acceptors (Lipinski definition) is 4. The van der Waals surface area contributed by atoms with Crippen LogP contribution in [-0.4, -0.2) is 45.4 Å². The summed E-state index contributed by atoms with van der Waals surface area (Å²) in [5, 5.41) is 0. The normalized spacial score (nSPS) is 16.6. The first-order chi connectivity index (χ1) is 17.7. The summed E-state index contributed by atoms with van der Waals surface area (Å²) in [5.74, 6) is 2.45. The molecule has 0 unspecified atom stereocenters. The Morgan fingerprint density at radius 1 is 0.833 bits per heavy atom. The molecule has 1 atom stereocenters. The molecule has 0 fully saturated rings. The molecule has 4 aromatic rings. The lowest BCUT2D eigenvalue weighted by atomic mass is 10.1. The summed E-state index contributed by atoms with van der Waals surface area (Å²) in [6.45, 7) is 3.94. The molecule has 6 nitrogen and oxygen atoms in total. The van der Waals surface area contributed by atoms with Crippen LogP contribution in [0.15, 0.2) is 96.0 Å². The van der Waals surface area contributed by atoms with Crippen molar-refractivity contribution in [2.75, 3.05) is 18.0 Å². The summed E-state index contributed by atoms with van der Waals surface area (Å²) < 4.78 is 2.23. The number of aliphatic imine (C=N–C) groups is 1. The predicted octanol–water partition coefficient (Wildman–Crippen LogP) is 4.79. The zero-order valence-corrected chi connectivity index (χ0v) is 20.4. The number of carbonyl (C=O) groups is 1. The number of carbonyl (C=O) groups excluding carboxylic acids is 1. The second-order valence-electron chi connectivity index (χ2n) is 9.37. The Kier molecular flexibility index (Phi) is 5.85. The van der Waals surface area contributed by atoms with Gasteiger partial charge >= 0.3 is 0 Å². The molecule has 1 amide bonds. The number of imidazole rings is 1. The van der Waals surface area contributed by atoms with Gasteiger partial charge in [-0.25, -0.2) is 9.98 Å². The summed E-state index contributed by atoms with van der Waals surface area (Å²) in [4.78, 5) is 27.7. The third-order valence-corrected chi connectivity index (χ3v) is 6.92. The summed E-state index contributed by atoms with van der Waals surface area (Å²) in [6, 6.07) is 31.2. The van der Waals surface area contributed by atoms with E-state index in [2.05, 4.69) is 70.1 Å². The van der Waals surface area contributed by atoms with E-state index in [0.717, 1.165) is 30.6 Å². The molecule has 2 aliphatic rings. The van der Waals surface area contributed by atoms with Gasteiger partial charge in [-0.15, -0.1) is 0 Å². The molecule has 6 rings (SSSR count). The fraction of sp³-hybridized carbons (Fsp3) is 0.233. The van der Waals surface area contributed by atoms with Crippen LogP contribution in [0.1, 0.15) is 39.9 Å². The molecular formula is C30H29N5O. The standard InChI is InChI=1S/C30H29N5O/c1-2-33-29(36)27-28(35-21-25(31-30(33)35)18-22-12-6-3-7-13-22)34(20-24-16-10-5-11-17-24)26(32-27)19-23-14-8-4-9-15-23/h3-17,25H,2,18-21H2,1H3/t25-/m1/s1. The van der Waals surface area contributed by atoms with Gasteiger partial charge in [0.2, 0.25) is 5.96 Å². The van der Waals surface area contributed by atoms with Crippen LogP contribution in [0, 0.1) is 0 Å². The van der Waals surface area contributed by atoms with Crippen LogP contribution < -0.4 is 4.90 Å².